The van der Waals surface area contributed by atoms with Crippen molar-refractivity contribution in [2.24, 2.45) is 17.3 Å². The molecule has 0 bridgehead atoms. The molecule has 0 unspecified atom stereocenters. The summed E-state index contributed by atoms with van der Waals surface area (Å²) in [6, 6.07) is 1.94. The second-order valence-electron chi connectivity index (χ2n) is 8.76. The number of carbonyl (C=O) groups excluding carboxylic acids is 1. The molecule has 0 saturated heterocycles. The Labute approximate surface area is 148 Å². The van der Waals surface area contributed by atoms with Crippen LogP contribution in [0.25, 0.3) is 0 Å². The van der Waals surface area contributed by atoms with E-state index in [-0.39, 0.29) is 17.3 Å². The topological polar surface area (TPSA) is 70.7 Å². The van der Waals surface area contributed by atoms with Crippen LogP contribution in [0.15, 0.2) is 28.4 Å². The Morgan fingerprint density at radius 3 is 2.68 bits per heavy atom. The number of aryl methyl sites for hydroxylation is 1. The van der Waals surface area contributed by atoms with Gasteiger partial charge in [0.2, 0.25) is 0 Å². The quantitative estimate of drug-likeness (QED) is 0.767. The Kier molecular flexibility index (Phi) is 3.79. The molecule has 25 heavy (non-hydrogen) atoms. The molecule has 4 rings (SSSR count). The van der Waals surface area contributed by atoms with Gasteiger partial charge in [0.05, 0.1) is 23.9 Å². The highest BCUT2D eigenvalue weighted by molar-refractivity contribution is 5.93. The summed E-state index contributed by atoms with van der Waals surface area (Å²) >= 11 is 0. The first-order valence-corrected chi connectivity index (χ1v) is 9.42. The number of hydrogen-bond donors (Lipinski definition) is 2. The minimum atomic E-state index is -0.694. The average molecular weight is 344 g/mol. The summed E-state index contributed by atoms with van der Waals surface area (Å²) in [5.74, 6) is 1.39. The van der Waals surface area contributed by atoms with E-state index in [0.29, 0.717) is 18.6 Å². The van der Waals surface area contributed by atoms with Crippen LogP contribution in [0.4, 0.5) is 0 Å². The van der Waals surface area contributed by atoms with E-state index >= 15 is 0 Å². The molecule has 3 aliphatic rings. The normalized spacial score (nSPS) is 44.0. The first kappa shape index (κ1) is 17.0. The summed E-state index contributed by atoms with van der Waals surface area (Å²) in [5, 5.41) is 20.3. The van der Waals surface area contributed by atoms with Crippen molar-refractivity contribution in [3.8, 4) is 0 Å². The number of aliphatic hydroxyl groups is 2. The lowest BCUT2D eigenvalue weighted by Crippen LogP contribution is -2.54. The number of ketones is 1. The van der Waals surface area contributed by atoms with Crippen molar-refractivity contribution >= 4 is 5.78 Å². The summed E-state index contributed by atoms with van der Waals surface area (Å²) < 4.78 is 5.47. The van der Waals surface area contributed by atoms with E-state index in [1.165, 1.54) is 5.57 Å². The predicted octanol–water partition coefficient (Wildman–Crippen LogP) is 3.29. The van der Waals surface area contributed by atoms with Crippen LogP contribution in [-0.2, 0) is 10.2 Å². The van der Waals surface area contributed by atoms with Gasteiger partial charge in [-0.05, 0) is 63.4 Å². The highest BCUT2D eigenvalue weighted by Gasteiger charge is 2.56. The number of furan rings is 1. The SMILES string of the molecule is Cc1occc1[C@]1(C)CC[C@H]2[C@@H](CC=C3C[C@@H](O)[C@H](O)C[C@@]32C)C1=O. The van der Waals surface area contributed by atoms with E-state index in [1.807, 2.05) is 13.0 Å². The second kappa shape index (κ2) is 5.55. The fourth-order valence-electron chi connectivity index (χ4n) is 5.89. The smallest absolute Gasteiger partial charge is 0.146 e. The Bertz CT molecular complexity index is 732. The van der Waals surface area contributed by atoms with Crippen LogP contribution in [0, 0.1) is 24.2 Å². The van der Waals surface area contributed by atoms with Crippen LogP contribution in [0.3, 0.4) is 0 Å². The van der Waals surface area contributed by atoms with Gasteiger partial charge in [-0.25, -0.2) is 0 Å². The fraction of sp³-hybridized carbons (Fsp3) is 0.667. The Morgan fingerprint density at radius 2 is 2.00 bits per heavy atom. The minimum Gasteiger partial charge on any atom is -0.469 e. The van der Waals surface area contributed by atoms with E-state index in [2.05, 4.69) is 19.9 Å². The molecule has 6 atom stereocenters. The van der Waals surface area contributed by atoms with Gasteiger partial charge in [-0.2, -0.15) is 0 Å². The number of allylic oxidation sites excluding steroid dienone is 1. The standard InChI is InChI=1S/C21H28O4/c1-12-15(7-9-25-12)20(2)8-6-16-14(19(20)24)5-4-13-10-17(22)18(23)11-21(13,16)3/h4,7,9,14,16-18,22-23H,5-6,8,10-11H2,1-3H3/t14-,16+,17-,18-,20+,21+/m1/s1. The molecule has 0 spiro atoms. The molecule has 3 aliphatic carbocycles. The first-order valence-electron chi connectivity index (χ1n) is 9.42. The molecule has 0 aliphatic heterocycles. The fourth-order valence-corrected chi connectivity index (χ4v) is 5.89. The first-order chi connectivity index (χ1) is 11.8. The number of fused-ring (bicyclic) bond motifs is 3. The zero-order chi connectivity index (χ0) is 18.0. The molecule has 0 radical (unpaired) electrons. The second-order valence-corrected chi connectivity index (χ2v) is 8.76. The number of Topliss-reactive ketones (excluding diaryl/α,β-unsaturated/α-hetero) is 1. The molecular formula is C21H28O4. The Morgan fingerprint density at radius 1 is 1.24 bits per heavy atom. The third-order valence-electron chi connectivity index (χ3n) is 7.45. The molecule has 1 aromatic heterocycles. The van der Waals surface area contributed by atoms with Gasteiger partial charge in [0.25, 0.3) is 0 Å². The summed E-state index contributed by atoms with van der Waals surface area (Å²) in [6.07, 6.45) is 6.10. The van der Waals surface area contributed by atoms with Crippen molar-refractivity contribution < 1.29 is 19.4 Å². The van der Waals surface area contributed by atoms with Crippen molar-refractivity contribution in [1.29, 1.82) is 0 Å². The third-order valence-corrected chi connectivity index (χ3v) is 7.45. The maximum atomic E-state index is 13.5. The Hall–Kier alpha value is -1.39. The number of hydrogen-bond acceptors (Lipinski definition) is 4. The van der Waals surface area contributed by atoms with Crippen molar-refractivity contribution in [2.75, 3.05) is 0 Å². The molecule has 4 heteroatoms. The van der Waals surface area contributed by atoms with Gasteiger partial charge >= 0.3 is 0 Å². The van der Waals surface area contributed by atoms with E-state index in [9.17, 15) is 15.0 Å². The molecule has 4 nitrogen and oxygen atoms in total. The van der Waals surface area contributed by atoms with Crippen molar-refractivity contribution in [3.05, 3.63) is 35.3 Å². The van der Waals surface area contributed by atoms with Gasteiger partial charge < -0.3 is 14.6 Å². The monoisotopic (exact) mass is 344 g/mol. The molecule has 1 heterocycles. The van der Waals surface area contributed by atoms with Crippen LogP contribution < -0.4 is 0 Å². The average Bonchev–Trinajstić information content (AvgIpc) is 2.99. The molecule has 2 fully saturated rings. The van der Waals surface area contributed by atoms with Crippen molar-refractivity contribution in [2.45, 2.75) is 70.5 Å². The number of carbonyl (C=O) groups is 1. The lowest BCUT2D eigenvalue weighted by molar-refractivity contribution is -0.138. The third kappa shape index (κ3) is 2.30. The summed E-state index contributed by atoms with van der Waals surface area (Å²) in [6.45, 7) is 6.17. The van der Waals surface area contributed by atoms with Gasteiger partial charge in [0.15, 0.2) is 0 Å². The zero-order valence-corrected chi connectivity index (χ0v) is 15.3. The summed E-state index contributed by atoms with van der Waals surface area (Å²) in [4.78, 5) is 13.5. The van der Waals surface area contributed by atoms with Crippen LogP contribution in [0.2, 0.25) is 0 Å². The molecule has 2 saturated carbocycles. The lowest BCUT2D eigenvalue weighted by atomic mass is 9.49. The van der Waals surface area contributed by atoms with E-state index in [1.54, 1.807) is 6.26 Å². The van der Waals surface area contributed by atoms with Crippen LogP contribution in [0.5, 0.6) is 0 Å². The van der Waals surface area contributed by atoms with Gasteiger partial charge in [0.1, 0.15) is 11.5 Å². The Balaban J connectivity index is 1.70. The molecule has 136 valence electrons. The number of aliphatic hydroxyl groups excluding tert-OH is 2. The van der Waals surface area contributed by atoms with Crippen LogP contribution in [0.1, 0.15) is 57.3 Å². The summed E-state index contributed by atoms with van der Waals surface area (Å²) in [5.41, 5.74) is 1.61. The minimum absolute atomic E-state index is 0.00996. The molecule has 0 aromatic carbocycles. The van der Waals surface area contributed by atoms with Gasteiger partial charge in [-0.3, -0.25) is 4.79 Å². The lowest BCUT2D eigenvalue weighted by Gasteiger charge is -2.55. The highest BCUT2D eigenvalue weighted by atomic mass is 16.3. The van der Waals surface area contributed by atoms with Crippen molar-refractivity contribution in [3.63, 3.8) is 0 Å². The molecule has 2 N–H and O–H groups in total. The van der Waals surface area contributed by atoms with Gasteiger partial charge in [0, 0.05) is 11.5 Å². The van der Waals surface area contributed by atoms with Crippen molar-refractivity contribution in [1.82, 2.24) is 0 Å². The number of rotatable bonds is 1. The van der Waals surface area contributed by atoms with E-state index in [0.717, 1.165) is 30.6 Å². The van der Waals surface area contributed by atoms with Crippen LogP contribution in [-0.4, -0.2) is 28.2 Å². The molecular weight excluding hydrogens is 316 g/mol. The summed E-state index contributed by atoms with van der Waals surface area (Å²) in [7, 11) is 0. The zero-order valence-electron chi connectivity index (χ0n) is 15.3. The molecule has 1 aromatic rings. The predicted molar refractivity (Wildman–Crippen MR) is 94.1 cm³/mol. The van der Waals surface area contributed by atoms with Gasteiger partial charge in [-0.1, -0.05) is 18.6 Å². The van der Waals surface area contributed by atoms with Gasteiger partial charge in [-0.15, -0.1) is 0 Å². The highest BCUT2D eigenvalue weighted by Crippen LogP contribution is 2.58. The largest absolute Gasteiger partial charge is 0.469 e. The van der Waals surface area contributed by atoms with Crippen LogP contribution >= 0.6 is 0 Å². The maximum absolute atomic E-state index is 13.5. The van der Waals surface area contributed by atoms with E-state index in [4.69, 9.17) is 4.42 Å². The molecule has 0 amide bonds. The van der Waals surface area contributed by atoms with E-state index < -0.39 is 17.6 Å². The maximum Gasteiger partial charge on any atom is 0.146 e.